The van der Waals surface area contributed by atoms with Crippen LogP contribution in [-0.2, 0) is 0 Å². The summed E-state index contributed by atoms with van der Waals surface area (Å²) in [5.41, 5.74) is 0.571. The lowest BCUT2D eigenvalue weighted by molar-refractivity contribution is 0.499. The number of halogens is 4. The largest absolute Gasteiger partial charge is 0.309 e. The predicted octanol–water partition coefficient (Wildman–Crippen LogP) is 3.86. The van der Waals surface area contributed by atoms with E-state index in [1.807, 2.05) is 0 Å². The van der Waals surface area contributed by atoms with E-state index in [2.05, 4.69) is 5.32 Å². The molecule has 2 rings (SSSR count). The Kier molecular flexibility index (Phi) is 4.09. The highest BCUT2D eigenvalue weighted by molar-refractivity contribution is 5.36. The standard InChI is InChI=1S/C15H13F4N/c1-8-5-9(3-4-11(8)17)15(20-2)14-12(18)6-10(16)7-13(14)19/h3-7,15,20H,1-2H3. The zero-order valence-corrected chi connectivity index (χ0v) is 11.0. The van der Waals surface area contributed by atoms with E-state index in [1.165, 1.54) is 25.2 Å². The molecule has 2 aromatic rings. The molecule has 0 bridgehead atoms. The molecule has 106 valence electrons. The quantitative estimate of drug-likeness (QED) is 0.843. The van der Waals surface area contributed by atoms with Crippen LogP contribution in [0.25, 0.3) is 0 Å². The van der Waals surface area contributed by atoms with Crippen molar-refractivity contribution in [3.8, 4) is 0 Å². The topological polar surface area (TPSA) is 12.0 Å². The van der Waals surface area contributed by atoms with Gasteiger partial charge in [-0.05, 0) is 31.2 Å². The summed E-state index contributed by atoms with van der Waals surface area (Å²) in [7, 11) is 1.52. The van der Waals surface area contributed by atoms with E-state index in [0.29, 0.717) is 23.3 Å². The van der Waals surface area contributed by atoms with E-state index in [9.17, 15) is 17.6 Å². The Bertz CT molecular complexity index is 617. The number of aryl methyl sites for hydroxylation is 1. The van der Waals surface area contributed by atoms with Crippen LogP contribution in [0.5, 0.6) is 0 Å². The minimum atomic E-state index is -0.983. The SMILES string of the molecule is CNC(c1ccc(F)c(C)c1)c1c(F)cc(F)cc1F. The van der Waals surface area contributed by atoms with Crippen molar-refractivity contribution in [2.24, 2.45) is 0 Å². The molecule has 1 N–H and O–H groups in total. The molecule has 0 aliphatic heterocycles. The van der Waals surface area contributed by atoms with Gasteiger partial charge in [0.2, 0.25) is 0 Å². The van der Waals surface area contributed by atoms with Gasteiger partial charge < -0.3 is 5.32 Å². The fraction of sp³-hybridized carbons (Fsp3) is 0.200. The third-order valence-corrected chi connectivity index (χ3v) is 3.14. The summed E-state index contributed by atoms with van der Waals surface area (Å²) in [5.74, 6) is -3.34. The van der Waals surface area contributed by atoms with Gasteiger partial charge in [0.1, 0.15) is 23.3 Å². The fourth-order valence-corrected chi connectivity index (χ4v) is 2.15. The molecule has 1 unspecified atom stereocenters. The van der Waals surface area contributed by atoms with Crippen LogP contribution in [0.15, 0.2) is 30.3 Å². The van der Waals surface area contributed by atoms with Gasteiger partial charge in [0.15, 0.2) is 0 Å². The van der Waals surface area contributed by atoms with Crippen molar-refractivity contribution in [2.75, 3.05) is 7.05 Å². The molecule has 0 fully saturated rings. The smallest absolute Gasteiger partial charge is 0.134 e. The third-order valence-electron chi connectivity index (χ3n) is 3.14. The van der Waals surface area contributed by atoms with Crippen molar-refractivity contribution >= 4 is 0 Å². The second-order valence-electron chi connectivity index (χ2n) is 4.51. The summed E-state index contributed by atoms with van der Waals surface area (Å²) < 4.78 is 53.8. The molecule has 0 spiro atoms. The molecule has 1 nitrogen and oxygen atoms in total. The zero-order valence-electron chi connectivity index (χ0n) is 11.0. The summed E-state index contributed by atoms with van der Waals surface area (Å²) >= 11 is 0. The van der Waals surface area contributed by atoms with Crippen molar-refractivity contribution in [3.63, 3.8) is 0 Å². The molecule has 0 heterocycles. The molecule has 5 heteroatoms. The van der Waals surface area contributed by atoms with Gasteiger partial charge in [-0.15, -0.1) is 0 Å². The Morgan fingerprint density at radius 2 is 1.50 bits per heavy atom. The minimum Gasteiger partial charge on any atom is -0.309 e. The molecule has 0 saturated heterocycles. The van der Waals surface area contributed by atoms with E-state index in [1.54, 1.807) is 6.92 Å². The first kappa shape index (κ1) is 14.5. The second kappa shape index (κ2) is 5.63. The maximum Gasteiger partial charge on any atom is 0.134 e. The number of benzene rings is 2. The molecule has 0 aliphatic carbocycles. The first-order valence-electron chi connectivity index (χ1n) is 6.01. The Hall–Kier alpha value is -1.88. The molecule has 2 aromatic carbocycles. The highest BCUT2D eigenvalue weighted by Crippen LogP contribution is 2.28. The average Bonchev–Trinajstić information content (AvgIpc) is 2.37. The minimum absolute atomic E-state index is 0.292. The Labute approximate surface area is 114 Å². The predicted molar refractivity (Wildman–Crippen MR) is 68.4 cm³/mol. The van der Waals surface area contributed by atoms with E-state index >= 15 is 0 Å². The first-order chi connectivity index (χ1) is 9.43. The van der Waals surface area contributed by atoms with Gasteiger partial charge in [-0.25, -0.2) is 17.6 Å². The van der Waals surface area contributed by atoms with Gasteiger partial charge in [-0.1, -0.05) is 12.1 Å². The van der Waals surface area contributed by atoms with Gasteiger partial charge in [0.25, 0.3) is 0 Å². The Morgan fingerprint density at radius 3 is 2.00 bits per heavy atom. The Morgan fingerprint density at radius 1 is 0.900 bits per heavy atom. The summed E-state index contributed by atoms with van der Waals surface area (Å²) in [5, 5.41) is 2.76. The lowest BCUT2D eigenvalue weighted by atomic mass is 9.96. The molecule has 0 saturated carbocycles. The van der Waals surface area contributed by atoms with Crippen LogP contribution in [0, 0.1) is 30.2 Å². The van der Waals surface area contributed by atoms with Gasteiger partial charge in [-0.3, -0.25) is 0 Å². The average molecular weight is 283 g/mol. The van der Waals surface area contributed by atoms with Crippen molar-refractivity contribution in [2.45, 2.75) is 13.0 Å². The highest BCUT2D eigenvalue weighted by Gasteiger charge is 2.22. The zero-order chi connectivity index (χ0) is 14.9. The molecule has 0 amide bonds. The molecule has 0 aromatic heterocycles. The van der Waals surface area contributed by atoms with Crippen LogP contribution >= 0.6 is 0 Å². The van der Waals surface area contributed by atoms with Gasteiger partial charge in [0, 0.05) is 17.7 Å². The van der Waals surface area contributed by atoms with Gasteiger partial charge >= 0.3 is 0 Å². The highest BCUT2D eigenvalue weighted by atomic mass is 19.1. The van der Waals surface area contributed by atoms with E-state index in [4.69, 9.17) is 0 Å². The third kappa shape index (κ3) is 2.67. The van der Waals surface area contributed by atoms with Crippen LogP contribution in [0.4, 0.5) is 17.6 Å². The van der Waals surface area contributed by atoms with Crippen LogP contribution in [0.2, 0.25) is 0 Å². The molecule has 1 atom stereocenters. The maximum absolute atomic E-state index is 13.8. The molecular weight excluding hydrogens is 270 g/mol. The lowest BCUT2D eigenvalue weighted by Crippen LogP contribution is -2.21. The summed E-state index contributed by atoms with van der Waals surface area (Å²) in [6.07, 6.45) is 0. The van der Waals surface area contributed by atoms with Crippen LogP contribution in [-0.4, -0.2) is 7.05 Å². The lowest BCUT2D eigenvalue weighted by Gasteiger charge is -2.19. The van der Waals surface area contributed by atoms with Crippen molar-refractivity contribution in [1.82, 2.24) is 5.32 Å². The monoisotopic (exact) mass is 283 g/mol. The van der Waals surface area contributed by atoms with Crippen LogP contribution < -0.4 is 5.32 Å². The van der Waals surface area contributed by atoms with Gasteiger partial charge in [0.05, 0.1) is 6.04 Å². The number of hydrogen-bond acceptors (Lipinski definition) is 1. The second-order valence-corrected chi connectivity index (χ2v) is 4.51. The van der Waals surface area contributed by atoms with Gasteiger partial charge in [-0.2, -0.15) is 0 Å². The van der Waals surface area contributed by atoms with E-state index in [-0.39, 0.29) is 5.56 Å². The maximum atomic E-state index is 13.8. The van der Waals surface area contributed by atoms with E-state index < -0.39 is 29.3 Å². The molecule has 20 heavy (non-hydrogen) atoms. The number of rotatable bonds is 3. The molecule has 0 radical (unpaired) electrons. The Balaban J connectivity index is 2.55. The summed E-state index contributed by atoms with van der Waals surface area (Å²) in [6.45, 7) is 1.56. The van der Waals surface area contributed by atoms with E-state index in [0.717, 1.165) is 0 Å². The molecule has 0 aliphatic rings. The summed E-state index contributed by atoms with van der Waals surface area (Å²) in [6, 6.07) is 4.59. The number of hydrogen-bond donors (Lipinski definition) is 1. The summed E-state index contributed by atoms with van der Waals surface area (Å²) in [4.78, 5) is 0. The first-order valence-corrected chi connectivity index (χ1v) is 6.01. The number of nitrogens with one attached hydrogen (secondary N) is 1. The van der Waals surface area contributed by atoms with Crippen LogP contribution in [0.3, 0.4) is 0 Å². The fourth-order valence-electron chi connectivity index (χ4n) is 2.15. The van der Waals surface area contributed by atoms with Crippen LogP contribution in [0.1, 0.15) is 22.7 Å². The van der Waals surface area contributed by atoms with Crippen molar-refractivity contribution in [1.29, 1.82) is 0 Å². The van der Waals surface area contributed by atoms with Crippen molar-refractivity contribution in [3.05, 3.63) is 70.3 Å². The normalized spacial score (nSPS) is 12.5. The van der Waals surface area contributed by atoms with Crippen molar-refractivity contribution < 1.29 is 17.6 Å². The molecular formula is C15H13F4N.